The van der Waals surface area contributed by atoms with Crippen molar-refractivity contribution in [2.45, 2.75) is 58.3 Å². The van der Waals surface area contributed by atoms with Crippen LogP contribution in [0.3, 0.4) is 0 Å². The fraction of sp³-hybridized carbons (Fsp3) is 0.234. The predicted octanol–water partition coefficient (Wildman–Crippen LogP) is 12.4. The molecule has 4 aromatic carbocycles. The van der Waals surface area contributed by atoms with E-state index in [0.717, 1.165) is 78.9 Å². The minimum atomic E-state index is -4.45. The number of benzene rings is 4. The van der Waals surface area contributed by atoms with Crippen molar-refractivity contribution < 1.29 is 26.3 Å². The molecule has 4 aromatic rings. The Balaban J connectivity index is 1.11. The molecule has 282 valence electrons. The number of nitrogens with zero attached hydrogens (tertiary/aromatic N) is 4. The third kappa shape index (κ3) is 5.41. The van der Waals surface area contributed by atoms with E-state index in [9.17, 15) is 36.9 Å². The van der Waals surface area contributed by atoms with Gasteiger partial charge in [-0.05, 0) is 122 Å². The smallest absolute Gasteiger partial charge is 0.173 e. The Labute approximate surface area is 325 Å². The summed E-state index contributed by atoms with van der Waals surface area (Å²) in [6, 6.07) is 19.1. The second kappa shape index (κ2) is 12.1. The van der Waals surface area contributed by atoms with Crippen LogP contribution in [-0.2, 0) is 11.6 Å². The highest BCUT2D eigenvalue weighted by Crippen LogP contribution is 2.57. The Morgan fingerprint density at radius 3 is 1.86 bits per heavy atom. The van der Waals surface area contributed by atoms with E-state index in [1.807, 2.05) is 50.5 Å². The SMILES string of the molecule is CC1CC(C(F)(F)F)=CC=C1C1(C)C=CC2=C(C1)C(=NC#N)c1cc3c(cc12)C(C)(C)c1cc2c(cc1-3)C(=NC#N)c1cc(-c3ccc(C(F)(F)F)cc3)ccc1-2. The highest BCUT2D eigenvalue weighted by atomic mass is 19.4. The van der Waals surface area contributed by atoms with Crippen LogP contribution in [0.4, 0.5) is 26.3 Å². The summed E-state index contributed by atoms with van der Waals surface area (Å²) in [5.74, 6) is -0.330. The van der Waals surface area contributed by atoms with Crippen molar-refractivity contribution in [2.24, 2.45) is 21.3 Å². The number of nitriles is 2. The van der Waals surface area contributed by atoms with Gasteiger partial charge in [0.2, 0.25) is 12.4 Å². The van der Waals surface area contributed by atoms with Crippen LogP contribution >= 0.6 is 0 Å². The Morgan fingerprint density at radius 2 is 1.25 bits per heavy atom. The average molecular weight is 767 g/mol. The van der Waals surface area contributed by atoms with Crippen LogP contribution in [0.15, 0.2) is 118 Å². The van der Waals surface area contributed by atoms with E-state index in [4.69, 9.17) is 0 Å². The van der Waals surface area contributed by atoms with Gasteiger partial charge in [0.15, 0.2) is 0 Å². The van der Waals surface area contributed by atoms with Gasteiger partial charge in [-0.3, -0.25) is 0 Å². The van der Waals surface area contributed by atoms with Gasteiger partial charge in [0.1, 0.15) is 0 Å². The molecule has 5 aliphatic carbocycles. The summed E-state index contributed by atoms with van der Waals surface area (Å²) >= 11 is 0. The zero-order valence-electron chi connectivity index (χ0n) is 31.2. The molecule has 5 aliphatic rings. The highest BCUT2D eigenvalue weighted by Gasteiger charge is 2.45. The molecule has 9 rings (SSSR count). The zero-order chi connectivity index (χ0) is 40.4. The van der Waals surface area contributed by atoms with Crippen molar-refractivity contribution in [3.05, 3.63) is 147 Å². The van der Waals surface area contributed by atoms with Crippen LogP contribution in [-0.4, -0.2) is 17.6 Å². The highest BCUT2D eigenvalue weighted by molar-refractivity contribution is 6.27. The van der Waals surface area contributed by atoms with Crippen molar-refractivity contribution in [1.29, 1.82) is 10.5 Å². The van der Waals surface area contributed by atoms with E-state index < -0.39 is 34.3 Å². The third-order valence-corrected chi connectivity index (χ3v) is 12.5. The first-order valence-electron chi connectivity index (χ1n) is 18.5. The van der Waals surface area contributed by atoms with Gasteiger partial charge in [-0.2, -0.15) is 46.9 Å². The van der Waals surface area contributed by atoms with Gasteiger partial charge in [0.25, 0.3) is 0 Å². The number of hydrogen-bond donors (Lipinski definition) is 0. The Morgan fingerprint density at radius 1 is 0.649 bits per heavy atom. The number of aliphatic imine (C=N–C) groups is 2. The molecule has 10 heteroatoms. The van der Waals surface area contributed by atoms with E-state index in [0.29, 0.717) is 34.5 Å². The second-order valence-corrected chi connectivity index (χ2v) is 16.2. The maximum atomic E-state index is 13.6. The number of alkyl halides is 6. The molecule has 4 nitrogen and oxygen atoms in total. The molecular formula is C47H32F6N4. The van der Waals surface area contributed by atoms with Crippen molar-refractivity contribution in [3.8, 4) is 45.8 Å². The lowest BCUT2D eigenvalue weighted by atomic mass is 9.66. The maximum absolute atomic E-state index is 13.6. The maximum Gasteiger partial charge on any atom is 0.416 e. The quantitative estimate of drug-likeness (QED) is 0.133. The van der Waals surface area contributed by atoms with E-state index in [-0.39, 0.29) is 12.3 Å². The molecule has 0 aromatic heterocycles. The van der Waals surface area contributed by atoms with Crippen molar-refractivity contribution in [2.75, 3.05) is 0 Å². The van der Waals surface area contributed by atoms with Gasteiger partial charge in [-0.25, -0.2) is 0 Å². The first kappa shape index (κ1) is 36.4. The van der Waals surface area contributed by atoms with Crippen LogP contribution in [0.5, 0.6) is 0 Å². The predicted molar refractivity (Wildman–Crippen MR) is 208 cm³/mol. The topological polar surface area (TPSA) is 72.3 Å². The van der Waals surface area contributed by atoms with Crippen molar-refractivity contribution >= 4 is 17.0 Å². The average Bonchev–Trinajstić information content (AvgIpc) is 3.71. The molecule has 2 unspecified atom stereocenters. The normalized spacial score (nSPS) is 22.6. The molecule has 0 heterocycles. The minimum Gasteiger partial charge on any atom is -0.173 e. The number of hydrogen-bond acceptors (Lipinski definition) is 4. The molecule has 0 fully saturated rings. The molecule has 0 aliphatic heterocycles. The lowest BCUT2D eigenvalue weighted by Gasteiger charge is -2.38. The van der Waals surface area contributed by atoms with E-state index in [1.54, 1.807) is 6.08 Å². The molecule has 0 saturated heterocycles. The van der Waals surface area contributed by atoms with Gasteiger partial charge in [0, 0.05) is 33.1 Å². The molecule has 0 saturated carbocycles. The monoisotopic (exact) mass is 766 g/mol. The summed E-state index contributed by atoms with van der Waals surface area (Å²) in [6.45, 7) is 8.17. The summed E-state index contributed by atoms with van der Waals surface area (Å²) in [6.07, 6.45) is 2.41. The molecule has 0 bridgehead atoms. The summed E-state index contributed by atoms with van der Waals surface area (Å²) < 4.78 is 80.5. The lowest BCUT2D eigenvalue weighted by molar-refractivity contribution is -0.137. The lowest BCUT2D eigenvalue weighted by Crippen LogP contribution is -2.28. The fourth-order valence-corrected chi connectivity index (χ4v) is 9.70. The molecule has 0 N–H and O–H groups in total. The van der Waals surface area contributed by atoms with Crippen LogP contribution in [0.25, 0.3) is 39.0 Å². The molecule has 2 atom stereocenters. The first-order valence-corrected chi connectivity index (χ1v) is 18.5. The van der Waals surface area contributed by atoms with Gasteiger partial charge in [-0.15, -0.1) is 0 Å². The van der Waals surface area contributed by atoms with Gasteiger partial charge in [0.05, 0.1) is 17.0 Å². The van der Waals surface area contributed by atoms with Gasteiger partial charge in [-0.1, -0.05) is 81.8 Å². The third-order valence-electron chi connectivity index (χ3n) is 12.5. The van der Waals surface area contributed by atoms with E-state index in [1.165, 1.54) is 18.2 Å². The van der Waals surface area contributed by atoms with Gasteiger partial charge >= 0.3 is 12.4 Å². The Bertz CT molecular complexity index is 2770. The Kier molecular flexibility index (Phi) is 7.74. The molecule has 57 heavy (non-hydrogen) atoms. The minimum absolute atomic E-state index is 0.0961. The van der Waals surface area contributed by atoms with E-state index in [2.05, 4.69) is 54.2 Å². The molecule has 0 spiro atoms. The van der Waals surface area contributed by atoms with Gasteiger partial charge < -0.3 is 0 Å². The van der Waals surface area contributed by atoms with Crippen LogP contribution in [0.2, 0.25) is 0 Å². The second-order valence-electron chi connectivity index (χ2n) is 16.2. The molecular weight excluding hydrogens is 735 g/mol. The zero-order valence-corrected chi connectivity index (χ0v) is 31.2. The summed E-state index contributed by atoms with van der Waals surface area (Å²) in [5.41, 5.74) is 11.8. The standard InChI is InChI=1S/C47H32F6N4/c1-24-15-28(47(51,52)53)10-12-39(24)45(4)14-13-30-32-20-41-34(18-37(32)43(57-23-55)38(30)21-45)33-17-36-31(19-40(33)44(41,2)3)29-11-7-26(16-35(29)42(36)56-22-54)25-5-8-27(9-6-25)46(48,49)50/h5-14,16-20,24H,15,21H2,1-4H3. The van der Waals surface area contributed by atoms with Crippen LogP contribution in [0, 0.1) is 34.2 Å². The molecule has 0 amide bonds. The summed E-state index contributed by atoms with van der Waals surface area (Å²) in [7, 11) is 0. The molecule has 0 radical (unpaired) electrons. The number of halogens is 6. The number of rotatable bonds is 2. The first-order chi connectivity index (χ1) is 26.9. The summed E-state index contributed by atoms with van der Waals surface area (Å²) in [4.78, 5) is 8.61. The van der Waals surface area contributed by atoms with Crippen molar-refractivity contribution in [1.82, 2.24) is 0 Å². The van der Waals surface area contributed by atoms with Crippen LogP contribution < -0.4 is 0 Å². The summed E-state index contributed by atoms with van der Waals surface area (Å²) in [5, 5.41) is 19.7. The van der Waals surface area contributed by atoms with E-state index >= 15 is 0 Å². The fourth-order valence-electron chi connectivity index (χ4n) is 9.70. The number of fused-ring (bicyclic) bond motifs is 8. The van der Waals surface area contributed by atoms with Crippen molar-refractivity contribution in [3.63, 3.8) is 0 Å². The largest absolute Gasteiger partial charge is 0.416 e. The number of allylic oxidation sites excluding steroid dienone is 8. The Hall–Kier alpha value is -6.26. The van der Waals surface area contributed by atoms with Crippen LogP contribution in [0.1, 0.15) is 79.5 Å².